The van der Waals surface area contributed by atoms with Crippen LogP contribution in [0.25, 0.3) is 10.9 Å². The summed E-state index contributed by atoms with van der Waals surface area (Å²) >= 11 is 0. The molecule has 1 aromatic heterocycles. The lowest BCUT2D eigenvalue weighted by Crippen LogP contribution is -2.46. The standard InChI is InChI=1S/C23H24F2N4O4S.3ClH/c1-2-7-28-8-10-29(11-9-28)22-14-18(23(30)31)17-12-15(3-6-21(17)26-22)27-34(32,33)16-4-5-19(24)20(25)13-16;;;/h3-6,12-14,27H,2,7-11H2,1H3,(H,30,31);3*1H. The second-order valence-electron chi connectivity index (χ2n) is 8.08. The van der Waals surface area contributed by atoms with Gasteiger partial charge in [-0.25, -0.2) is 27.0 Å². The van der Waals surface area contributed by atoms with Crippen molar-refractivity contribution in [1.29, 1.82) is 0 Å². The van der Waals surface area contributed by atoms with Gasteiger partial charge in [0.15, 0.2) is 11.6 Å². The van der Waals surface area contributed by atoms with Gasteiger partial charge in [-0.1, -0.05) is 6.92 Å². The van der Waals surface area contributed by atoms with Gasteiger partial charge in [-0.3, -0.25) is 9.62 Å². The summed E-state index contributed by atoms with van der Waals surface area (Å²) in [6, 6.07) is 8.08. The number of anilines is 2. The number of nitrogens with one attached hydrogen (secondary N) is 1. The molecule has 1 saturated heterocycles. The summed E-state index contributed by atoms with van der Waals surface area (Å²) in [7, 11) is -4.23. The van der Waals surface area contributed by atoms with E-state index in [1.807, 2.05) is 4.90 Å². The van der Waals surface area contributed by atoms with Crippen LogP contribution < -0.4 is 9.62 Å². The first-order valence-corrected chi connectivity index (χ1v) is 12.3. The number of hydrogen-bond donors (Lipinski definition) is 2. The van der Waals surface area contributed by atoms with Gasteiger partial charge >= 0.3 is 5.97 Å². The molecule has 0 unspecified atom stereocenters. The van der Waals surface area contributed by atoms with E-state index in [0.29, 0.717) is 17.4 Å². The topological polar surface area (TPSA) is 103 Å². The number of piperazine rings is 1. The maximum atomic E-state index is 13.5. The van der Waals surface area contributed by atoms with E-state index in [9.17, 15) is 27.1 Å². The van der Waals surface area contributed by atoms with Crippen molar-refractivity contribution < 1.29 is 27.1 Å². The molecule has 1 fully saturated rings. The fraction of sp³-hybridized carbons (Fsp3) is 0.304. The first kappa shape index (κ1) is 32.6. The first-order valence-electron chi connectivity index (χ1n) is 10.8. The lowest BCUT2D eigenvalue weighted by molar-refractivity contribution is 0.0699. The van der Waals surface area contributed by atoms with Gasteiger partial charge in [0.05, 0.1) is 16.0 Å². The molecule has 3 aromatic rings. The van der Waals surface area contributed by atoms with E-state index in [-0.39, 0.29) is 53.9 Å². The highest BCUT2D eigenvalue weighted by molar-refractivity contribution is 7.92. The number of carboxylic acids is 1. The Kier molecular flexibility index (Phi) is 11.8. The average molecular weight is 600 g/mol. The van der Waals surface area contributed by atoms with Gasteiger partial charge in [0.25, 0.3) is 10.0 Å². The van der Waals surface area contributed by atoms with Crippen LogP contribution in [0, 0.1) is 11.6 Å². The molecule has 204 valence electrons. The molecule has 1 aliphatic rings. The summed E-state index contributed by atoms with van der Waals surface area (Å²) in [5.41, 5.74) is 0.467. The van der Waals surface area contributed by atoms with Crippen LogP contribution in [0.2, 0.25) is 0 Å². The van der Waals surface area contributed by atoms with Crippen LogP contribution in [-0.4, -0.2) is 62.1 Å². The minimum atomic E-state index is -4.23. The van der Waals surface area contributed by atoms with Crippen LogP contribution in [0.4, 0.5) is 20.3 Å². The van der Waals surface area contributed by atoms with E-state index in [0.717, 1.165) is 51.3 Å². The molecule has 2 aromatic carbocycles. The molecule has 37 heavy (non-hydrogen) atoms. The number of aromatic nitrogens is 1. The fourth-order valence-electron chi connectivity index (χ4n) is 3.99. The number of aromatic carboxylic acids is 1. The van der Waals surface area contributed by atoms with Crippen LogP contribution in [0.3, 0.4) is 0 Å². The molecule has 0 spiro atoms. The Bertz CT molecular complexity index is 1360. The molecule has 1 aliphatic heterocycles. The monoisotopic (exact) mass is 598 g/mol. The highest BCUT2D eigenvalue weighted by Crippen LogP contribution is 2.28. The Hall–Kier alpha value is -2.44. The van der Waals surface area contributed by atoms with Crippen molar-refractivity contribution >= 4 is 75.6 Å². The normalized spacial score (nSPS) is 13.8. The molecule has 0 amide bonds. The molecule has 4 rings (SSSR count). The largest absolute Gasteiger partial charge is 0.478 e. The molecule has 0 bridgehead atoms. The second kappa shape index (κ2) is 13.4. The number of carbonyl (C=O) groups is 1. The third kappa shape index (κ3) is 7.32. The molecule has 0 radical (unpaired) electrons. The molecule has 8 nitrogen and oxygen atoms in total. The Morgan fingerprint density at radius 1 is 1.00 bits per heavy atom. The van der Waals surface area contributed by atoms with Crippen LogP contribution in [0.5, 0.6) is 0 Å². The van der Waals surface area contributed by atoms with E-state index >= 15 is 0 Å². The van der Waals surface area contributed by atoms with Gasteiger partial charge in [0.1, 0.15) is 5.82 Å². The quantitative estimate of drug-likeness (QED) is 0.402. The minimum absolute atomic E-state index is 0. The number of benzene rings is 2. The summed E-state index contributed by atoms with van der Waals surface area (Å²) in [6.45, 7) is 6.32. The Labute approximate surface area is 232 Å². The van der Waals surface area contributed by atoms with Crippen LogP contribution in [0.15, 0.2) is 47.4 Å². The van der Waals surface area contributed by atoms with Gasteiger partial charge in [-0.15, -0.1) is 37.2 Å². The highest BCUT2D eigenvalue weighted by Gasteiger charge is 2.22. The number of carboxylic acid groups (broad SMARTS) is 1. The molecule has 2 heterocycles. The number of nitrogens with zero attached hydrogens (tertiary/aromatic N) is 3. The third-order valence-corrected chi connectivity index (χ3v) is 7.09. The van der Waals surface area contributed by atoms with Crippen molar-refractivity contribution in [2.75, 3.05) is 42.3 Å². The summed E-state index contributed by atoms with van der Waals surface area (Å²) < 4.78 is 54.2. The summed E-state index contributed by atoms with van der Waals surface area (Å²) in [5, 5.41) is 10.1. The zero-order chi connectivity index (χ0) is 24.5. The van der Waals surface area contributed by atoms with Crippen molar-refractivity contribution in [3.05, 3.63) is 59.7 Å². The van der Waals surface area contributed by atoms with Crippen molar-refractivity contribution in [2.24, 2.45) is 0 Å². The second-order valence-corrected chi connectivity index (χ2v) is 9.76. The lowest BCUT2D eigenvalue weighted by Gasteiger charge is -2.35. The van der Waals surface area contributed by atoms with Gasteiger partial charge in [0.2, 0.25) is 0 Å². The van der Waals surface area contributed by atoms with Crippen molar-refractivity contribution in [3.8, 4) is 0 Å². The van der Waals surface area contributed by atoms with E-state index in [1.165, 1.54) is 24.3 Å². The molecule has 0 atom stereocenters. The summed E-state index contributed by atoms with van der Waals surface area (Å²) in [6.07, 6.45) is 1.07. The summed E-state index contributed by atoms with van der Waals surface area (Å²) in [5.74, 6) is -3.07. The Balaban J connectivity index is 0.00000228. The van der Waals surface area contributed by atoms with E-state index in [4.69, 9.17) is 0 Å². The van der Waals surface area contributed by atoms with Gasteiger partial charge in [-0.05, 0) is 55.4 Å². The van der Waals surface area contributed by atoms with E-state index < -0.39 is 32.5 Å². The van der Waals surface area contributed by atoms with E-state index in [1.54, 1.807) is 0 Å². The SMILES string of the molecule is CCCN1CCN(c2cc(C(=O)O)c3cc(NS(=O)(=O)c4ccc(F)c(F)c4)ccc3n2)CC1.Cl.Cl.Cl. The van der Waals surface area contributed by atoms with Crippen molar-refractivity contribution in [2.45, 2.75) is 18.2 Å². The number of hydrogen-bond acceptors (Lipinski definition) is 6. The zero-order valence-corrected chi connectivity index (χ0v) is 23.0. The van der Waals surface area contributed by atoms with Gasteiger partial charge in [-0.2, -0.15) is 0 Å². The van der Waals surface area contributed by atoms with Crippen LogP contribution in [-0.2, 0) is 10.0 Å². The molecular weight excluding hydrogens is 573 g/mol. The van der Waals surface area contributed by atoms with Crippen LogP contribution >= 0.6 is 37.2 Å². The number of fused-ring (bicyclic) bond motifs is 1. The smallest absolute Gasteiger partial charge is 0.336 e. The summed E-state index contributed by atoms with van der Waals surface area (Å²) in [4.78, 5) is 20.5. The Morgan fingerprint density at radius 2 is 1.68 bits per heavy atom. The van der Waals surface area contributed by atoms with E-state index in [2.05, 4.69) is 21.5 Å². The lowest BCUT2D eigenvalue weighted by atomic mass is 10.1. The number of sulfonamides is 1. The predicted molar refractivity (Wildman–Crippen MR) is 147 cm³/mol. The maximum Gasteiger partial charge on any atom is 0.336 e. The van der Waals surface area contributed by atoms with Gasteiger partial charge < -0.3 is 10.0 Å². The molecule has 0 saturated carbocycles. The zero-order valence-electron chi connectivity index (χ0n) is 19.7. The average Bonchev–Trinajstić information content (AvgIpc) is 2.80. The van der Waals surface area contributed by atoms with Gasteiger partial charge in [0, 0.05) is 37.3 Å². The van der Waals surface area contributed by atoms with Crippen molar-refractivity contribution in [1.82, 2.24) is 9.88 Å². The molecule has 2 N–H and O–H groups in total. The molecule has 0 aliphatic carbocycles. The molecule has 14 heteroatoms. The Morgan fingerprint density at radius 3 is 2.27 bits per heavy atom. The number of rotatable bonds is 7. The first-order chi connectivity index (χ1) is 16.2. The maximum absolute atomic E-state index is 13.5. The highest BCUT2D eigenvalue weighted by atomic mass is 35.5. The fourth-order valence-corrected chi connectivity index (χ4v) is 5.05. The molecular formula is C23H27Cl3F2N4O4S. The van der Waals surface area contributed by atoms with Crippen LogP contribution in [0.1, 0.15) is 23.7 Å². The number of pyridine rings is 1. The number of halogens is 5. The minimum Gasteiger partial charge on any atom is -0.478 e. The predicted octanol–water partition coefficient (Wildman–Crippen LogP) is 4.81. The van der Waals surface area contributed by atoms with Crippen molar-refractivity contribution in [3.63, 3.8) is 0 Å². The third-order valence-electron chi connectivity index (χ3n) is 5.72.